The first kappa shape index (κ1) is 20.9. The minimum absolute atomic E-state index is 0.268. The van der Waals surface area contributed by atoms with E-state index in [2.05, 4.69) is 0 Å². The van der Waals surface area contributed by atoms with Crippen molar-refractivity contribution in [3.05, 3.63) is 0 Å². The Bertz CT molecular complexity index is 367. The van der Waals surface area contributed by atoms with Gasteiger partial charge in [-0.2, -0.15) is 0 Å². The average Bonchev–Trinajstić information content (AvgIpc) is 2.53. The largest absolute Gasteiger partial charge is 0.465 e. The molecule has 0 spiro atoms. The van der Waals surface area contributed by atoms with Gasteiger partial charge in [-0.3, -0.25) is 9.59 Å². The van der Waals surface area contributed by atoms with E-state index in [1.54, 1.807) is 13.8 Å². The number of carbonyl (C=O) groups is 2. The van der Waals surface area contributed by atoms with Crippen molar-refractivity contribution < 1.29 is 23.8 Å². The maximum Gasteiger partial charge on any atom is 0.320 e. The summed E-state index contributed by atoms with van der Waals surface area (Å²) in [6.45, 7) is 8.80. The molecule has 24 heavy (non-hydrogen) atoms. The smallest absolute Gasteiger partial charge is 0.320 e. The summed E-state index contributed by atoms with van der Waals surface area (Å²) >= 11 is 0. The van der Waals surface area contributed by atoms with Crippen molar-refractivity contribution in [2.24, 2.45) is 11.3 Å². The Morgan fingerprint density at radius 1 is 1.08 bits per heavy atom. The van der Waals surface area contributed by atoms with Crippen molar-refractivity contribution in [3.63, 3.8) is 0 Å². The zero-order valence-corrected chi connectivity index (χ0v) is 15.8. The number of unbranched alkanes of at least 4 members (excludes halogenated alkanes) is 1. The fourth-order valence-electron chi connectivity index (χ4n) is 3.32. The number of hydrogen-bond donors (Lipinski definition) is 0. The standard InChI is InChI=1S/C19H34O5/c1-5-22-17(20)16(18(21)23-6-2)19(3,4)13-9-7-11-15-12-8-10-14-24-15/h15-16H,5-14H2,1-4H3. The maximum atomic E-state index is 12.2. The molecule has 140 valence electrons. The van der Waals surface area contributed by atoms with Crippen LogP contribution in [0.5, 0.6) is 0 Å². The molecule has 0 bridgehead atoms. The number of esters is 2. The molecule has 5 heteroatoms. The molecule has 0 saturated carbocycles. The van der Waals surface area contributed by atoms with E-state index in [-0.39, 0.29) is 13.2 Å². The van der Waals surface area contributed by atoms with Crippen LogP contribution in [0.2, 0.25) is 0 Å². The van der Waals surface area contributed by atoms with Gasteiger partial charge < -0.3 is 14.2 Å². The van der Waals surface area contributed by atoms with E-state index in [1.807, 2.05) is 13.8 Å². The molecule has 1 aliphatic heterocycles. The third kappa shape index (κ3) is 6.80. The van der Waals surface area contributed by atoms with E-state index in [9.17, 15) is 9.59 Å². The van der Waals surface area contributed by atoms with Gasteiger partial charge >= 0.3 is 11.9 Å². The first-order chi connectivity index (χ1) is 11.4. The lowest BCUT2D eigenvalue weighted by Gasteiger charge is -2.31. The molecular weight excluding hydrogens is 308 g/mol. The second kappa shape index (κ2) is 10.7. The molecule has 0 aromatic carbocycles. The van der Waals surface area contributed by atoms with Crippen molar-refractivity contribution in [1.29, 1.82) is 0 Å². The lowest BCUT2D eigenvalue weighted by molar-refractivity contribution is -0.167. The van der Waals surface area contributed by atoms with Gasteiger partial charge in [-0.05, 0) is 51.4 Å². The Hall–Kier alpha value is -1.10. The second-order valence-electron chi connectivity index (χ2n) is 7.16. The maximum absolute atomic E-state index is 12.2. The summed E-state index contributed by atoms with van der Waals surface area (Å²) in [4.78, 5) is 24.5. The van der Waals surface area contributed by atoms with Crippen molar-refractivity contribution in [2.75, 3.05) is 19.8 Å². The molecule has 0 N–H and O–H groups in total. The average molecular weight is 342 g/mol. The first-order valence-electron chi connectivity index (χ1n) is 9.37. The minimum atomic E-state index is -0.858. The van der Waals surface area contributed by atoms with E-state index >= 15 is 0 Å². The van der Waals surface area contributed by atoms with Crippen molar-refractivity contribution in [1.82, 2.24) is 0 Å². The van der Waals surface area contributed by atoms with Crippen LogP contribution in [0.1, 0.15) is 72.6 Å². The van der Waals surface area contributed by atoms with Crippen LogP contribution in [0.3, 0.4) is 0 Å². The van der Waals surface area contributed by atoms with Crippen LogP contribution < -0.4 is 0 Å². The molecule has 1 unspecified atom stereocenters. The third-order valence-electron chi connectivity index (χ3n) is 4.70. The summed E-state index contributed by atoms with van der Waals surface area (Å²) in [5.41, 5.74) is -0.480. The highest BCUT2D eigenvalue weighted by Crippen LogP contribution is 2.35. The van der Waals surface area contributed by atoms with Crippen LogP contribution in [-0.2, 0) is 23.8 Å². The number of hydrogen-bond acceptors (Lipinski definition) is 5. The molecule has 1 aliphatic rings. The van der Waals surface area contributed by atoms with Gasteiger partial charge in [0.25, 0.3) is 0 Å². The Morgan fingerprint density at radius 2 is 1.71 bits per heavy atom. The number of carbonyl (C=O) groups excluding carboxylic acids is 2. The Labute approximate surface area is 146 Å². The van der Waals surface area contributed by atoms with Gasteiger partial charge in [0.1, 0.15) is 0 Å². The Balaban J connectivity index is 2.52. The van der Waals surface area contributed by atoms with Crippen molar-refractivity contribution in [3.8, 4) is 0 Å². The highest BCUT2D eigenvalue weighted by molar-refractivity contribution is 5.95. The van der Waals surface area contributed by atoms with E-state index < -0.39 is 23.3 Å². The third-order valence-corrected chi connectivity index (χ3v) is 4.70. The monoisotopic (exact) mass is 342 g/mol. The van der Waals surface area contributed by atoms with Gasteiger partial charge in [-0.15, -0.1) is 0 Å². The predicted octanol–water partition coefficient (Wildman–Crippen LogP) is 3.88. The second-order valence-corrected chi connectivity index (χ2v) is 7.16. The zero-order chi connectivity index (χ0) is 18.0. The molecule has 1 rings (SSSR count). The summed E-state index contributed by atoms with van der Waals surface area (Å²) in [5.74, 6) is -1.81. The topological polar surface area (TPSA) is 61.8 Å². The predicted molar refractivity (Wildman–Crippen MR) is 92.6 cm³/mol. The summed E-state index contributed by atoms with van der Waals surface area (Å²) in [7, 11) is 0. The van der Waals surface area contributed by atoms with Gasteiger partial charge in [0, 0.05) is 6.61 Å². The minimum Gasteiger partial charge on any atom is -0.465 e. The highest BCUT2D eigenvalue weighted by Gasteiger charge is 2.42. The zero-order valence-electron chi connectivity index (χ0n) is 15.8. The molecule has 1 fully saturated rings. The molecule has 0 radical (unpaired) electrons. The fraction of sp³-hybridized carbons (Fsp3) is 0.895. The summed E-state index contributed by atoms with van der Waals surface area (Å²) in [6, 6.07) is 0. The van der Waals surface area contributed by atoms with Crippen LogP contribution in [0.4, 0.5) is 0 Å². The lowest BCUT2D eigenvalue weighted by atomic mass is 9.74. The summed E-state index contributed by atoms with van der Waals surface area (Å²) in [5, 5.41) is 0. The lowest BCUT2D eigenvalue weighted by Crippen LogP contribution is -2.39. The van der Waals surface area contributed by atoms with E-state index in [1.165, 1.54) is 12.8 Å². The van der Waals surface area contributed by atoms with Gasteiger partial charge in [0.05, 0.1) is 19.3 Å². The molecule has 0 amide bonds. The first-order valence-corrected chi connectivity index (χ1v) is 9.37. The molecule has 0 aromatic rings. The molecule has 1 heterocycles. The molecule has 1 atom stereocenters. The van der Waals surface area contributed by atoms with Crippen molar-refractivity contribution in [2.45, 2.75) is 78.7 Å². The van der Waals surface area contributed by atoms with Crippen LogP contribution in [0, 0.1) is 11.3 Å². The van der Waals surface area contributed by atoms with E-state index in [0.29, 0.717) is 6.10 Å². The fourth-order valence-corrected chi connectivity index (χ4v) is 3.32. The SMILES string of the molecule is CCOC(=O)C(C(=O)OCC)C(C)(C)CCCCC1CCCCO1. The Kier molecular flexibility index (Phi) is 9.34. The van der Waals surface area contributed by atoms with Crippen LogP contribution >= 0.6 is 0 Å². The highest BCUT2D eigenvalue weighted by atomic mass is 16.6. The molecule has 1 saturated heterocycles. The summed E-state index contributed by atoms with van der Waals surface area (Å²) in [6.07, 6.45) is 7.80. The van der Waals surface area contributed by atoms with Gasteiger partial charge in [-0.25, -0.2) is 0 Å². The molecule has 5 nitrogen and oxygen atoms in total. The summed E-state index contributed by atoms with van der Waals surface area (Å²) < 4.78 is 15.9. The molecular formula is C19H34O5. The normalized spacial score (nSPS) is 18.5. The van der Waals surface area contributed by atoms with Crippen LogP contribution in [-0.4, -0.2) is 37.9 Å². The van der Waals surface area contributed by atoms with Gasteiger partial charge in [-0.1, -0.05) is 26.7 Å². The number of rotatable bonds is 10. The number of ether oxygens (including phenoxy) is 3. The van der Waals surface area contributed by atoms with Gasteiger partial charge in [0.2, 0.25) is 0 Å². The van der Waals surface area contributed by atoms with Crippen LogP contribution in [0.25, 0.3) is 0 Å². The quantitative estimate of drug-likeness (QED) is 0.342. The van der Waals surface area contributed by atoms with Crippen LogP contribution in [0.15, 0.2) is 0 Å². The van der Waals surface area contributed by atoms with E-state index in [0.717, 1.165) is 38.7 Å². The van der Waals surface area contributed by atoms with Gasteiger partial charge in [0.15, 0.2) is 5.92 Å². The Morgan fingerprint density at radius 3 is 2.21 bits per heavy atom. The van der Waals surface area contributed by atoms with Crippen molar-refractivity contribution >= 4 is 11.9 Å². The van der Waals surface area contributed by atoms with E-state index in [4.69, 9.17) is 14.2 Å². The molecule has 0 aliphatic carbocycles. The molecule has 0 aromatic heterocycles.